The Kier molecular flexibility index (Phi) is 17.1. The first-order valence-corrected chi connectivity index (χ1v) is 9.25. The average Bonchev–Trinajstić information content (AvgIpc) is 2.54. The number of ether oxygens (including phenoxy) is 1. The Morgan fingerprint density at radius 3 is 1.86 bits per heavy atom. The fourth-order valence-corrected chi connectivity index (χ4v) is 2.40. The maximum absolute atomic E-state index is 10.8. The summed E-state index contributed by atoms with van der Waals surface area (Å²) in [5.41, 5.74) is 0. The molecule has 0 amide bonds. The van der Waals surface area contributed by atoms with Crippen molar-refractivity contribution in [2.75, 3.05) is 6.61 Å². The van der Waals surface area contributed by atoms with E-state index in [4.69, 9.17) is 4.74 Å². The molecule has 22 heavy (non-hydrogen) atoms. The Labute approximate surface area is 138 Å². The van der Waals surface area contributed by atoms with E-state index in [1.807, 2.05) is 0 Å². The van der Waals surface area contributed by atoms with E-state index in [1.165, 1.54) is 70.3 Å². The minimum Gasteiger partial charge on any atom is -0.463 e. The first-order valence-electron chi connectivity index (χ1n) is 9.25. The maximum atomic E-state index is 10.8. The third-order valence-corrected chi connectivity index (χ3v) is 3.82. The molecular weight excluding hydrogens is 272 g/mol. The summed E-state index contributed by atoms with van der Waals surface area (Å²) in [5.74, 6) is -0.319. The fraction of sp³-hybridized carbons (Fsp3) is 0.750. The van der Waals surface area contributed by atoms with E-state index in [2.05, 4.69) is 25.7 Å². The molecule has 0 aromatic heterocycles. The SMILES string of the molecule is C=CC(=O)OCCCC/C=C/CCCCCCCCCCC. The van der Waals surface area contributed by atoms with Gasteiger partial charge >= 0.3 is 5.97 Å². The van der Waals surface area contributed by atoms with Crippen LogP contribution in [-0.2, 0) is 9.53 Å². The van der Waals surface area contributed by atoms with Gasteiger partial charge in [-0.25, -0.2) is 4.79 Å². The standard InChI is InChI=1S/C20H36O2/c1-3-5-6-7-8-9-10-11-12-13-14-15-16-17-18-19-22-20(21)4-2/h4,14-15H,2-3,5-13,16-19H2,1H3/b15-14+. The van der Waals surface area contributed by atoms with E-state index < -0.39 is 0 Å². The molecule has 0 aliphatic heterocycles. The molecule has 0 rings (SSSR count). The van der Waals surface area contributed by atoms with E-state index in [-0.39, 0.29) is 5.97 Å². The monoisotopic (exact) mass is 308 g/mol. The molecule has 0 N–H and O–H groups in total. The average molecular weight is 309 g/mol. The molecule has 2 heteroatoms. The third-order valence-electron chi connectivity index (χ3n) is 3.82. The molecule has 2 nitrogen and oxygen atoms in total. The van der Waals surface area contributed by atoms with Gasteiger partial charge in [-0.1, -0.05) is 77.0 Å². The molecule has 0 saturated carbocycles. The Hall–Kier alpha value is -1.05. The molecule has 0 spiro atoms. The summed E-state index contributed by atoms with van der Waals surface area (Å²) in [6.07, 6.45) is 22.6. The Morgan fingerprint density at radius 1 is 0.818 bits per heavy atom. The smallest absolute Gasteiger partial charge is 0.330 e. The number of allylic oxidation sites excluding steroid dienone is 2. The van der Waals surface area contributed by atoms with Gasteiger partial charge in [0, 0.05) is 6.08 Å². The number of hydrogen-bond acceptors (Lipinski definition) is 2. The van der Waals surface area contributed by atoms with Gasteiger partial charge < -0.3 is 4.74 Å². The van der Waals surface area contributed by atoms with Crippen molar-refractivity contribution in [3.63, 3.8) is 0 Å². The molecule has 0 atom stereocenters. The van der Waals surface area contributed by atoms with Crippen LogP contribution < -0.4 is 0 Å². The minimum absolute atomic E-state index is 0.319. The highest BCUT2D eigenvalue weighted by atomic mass is 16.5. The number of unbranched alkanes of at least 4 members (excludes halogenated alkanes) is 11. The lowest BCUT2D eigenvalue weighted by Gasteiger charge is -2.01. The van der Waals surface area contributed by atoms with E-state index in [0.29, 0.717) is 6.61 Å². The van der Waals surface area contributed by atoms with Gasteiger partial charge in [-0.15, -0.1) is 0 Å². The first kappa shape index (κ1) is 20.9. The van der Waals surface area contributed by atoms with Crippen molar-refractivity contribution in [3.05, 3.63) is 24.8 Å². The van der Waals surface area contributed by atoms with Crippen molar-refractivity contribution < 1.29 is 9.53 Å². The molecule has 0 aliphatic rings. The lowest BCUT2D eigenvalue weighted by molar-refractivity contribution is -0.137. The van der Waals surface area contributed by atoms with Crippen LogP contribution in [0.1, 0.15) is 90.4 Å². The van der Waals surface area contributed by atoms with E-state index in [9.17, 15) is 4.79 Å². The van der Waals surface area contributed by atoms with Crippen molar-refractivity contribution in [3.8, 4) is 0 Å². The van der Waals surface area contributed by atoms with Crippen molar-refractivity contribution in [2.45, 2.75) is 90.4 Å². The van der Waals surface area contributed by atoms with Crippen LogP contribution in [-0.4, -0.2) is 12.6 Å². The van der Waals surface area contributed by atoms with Gasteiger partial charge in [0.15, 0.2) is 0 Å². The highest BCUT2D eigenvalue weighted by Crippen LogP contribution is 2.10. The van der Waals surface area contributed by atoms with Crippen molar-refractivity contribution in [2.24, 2.45) is 0 Å². The van der Waals surface area contributed by atoms with Gasteiger partial charge in [0.05, 0.1) is 6.61 Å². The van der Waals surface area contributed by atoms with Gasteiger partial charge in [0.25, 0.3) is 0 Å². The molecule has 0 aliphatic carbocycles. The fourth-order valence-electron chi connectivity index (χ4n) is 2.40. The molecule has 0 radical (unpaired) electrons. The zero-order chi connectivity index (χ0) is 16.3. The highest BCUT2D eigenvalue weighted by Gasteiger charge is 1.94. The summed E-state index contributed by atoms with van der Waals surface area (Å²) in [6.45, 7) is 6.15. The molecular formula is C20H36O2. The van der Waals surface area contributed by atoms with Crippen LogP contribution in [0.2, 0.25) is 0 Å². The van der Waals surface area contributed by atoms with Crippen LogP contribution in [0.4, 0.5) is 0 Å². The Balaban J connectivity index is 3.11. The molecule has 0 unspecified atom stereocenters. The topological polar surface area (TPSA) is 26.3 Å². The molecule has 0 bridgehead atoms. The molecule has 0 aromatic carbocycles. The van der Waals surface area contributed by atoms with Crippen molar-refractivity contribution in [1.82, 2.24) is 0 Å². The molecule has 128 valence electrons. The summed E-state index contributed by atoms with van der Waals surface area (Å²) >= 11 is 0. The van der Waals surface area contributed by atoms with Crippen molar-refractivity contribution in [1.29, 1.82) is 0 Å². The van der Waals surface area contributed by atoms with Gasteiger partial charge in [-0.2, -0.15) is 0 Å². The minimum atomic E-state index is -0.319. The van der Waals surface area contributed by atoms with Gasteiger partial charge in [-0.3, -0.25) is 0 Å². The van der Waals surface area contributed by atoms with E-state index in [1.54, 1.807) is 0 Å². The number of hydrogen-bond donors (Lipinski definition) is 0. The number of esters is 1. The second-order valence-electron chi connectivity index (χ2n) is 5.96. The van der Waals surface area contributed by atoms with Gasteiger partial charge in [0.2, 0.25) is 0 Å². The second-order valence-corrected chi connectivity index (χ2v) is 5.96. The Bertz CT molecular complexity index is 281. The van der Waals surface area contributed by atoms with Crippen LogP contribution in [0.15, 0.2) is 24.8 Å². The number of rotatable bonds is 16. The van der Waals surface area contributed by atoms with E-state index >= 15 is 0 Å². The zero-order valence-electron chi connectivity index (χ0n) is 14.7. The first-order chi connectivity index (χ1) is 10.8. The Morgan fingerprint density at radius 2 is 1.32 bits per heavy atom. The zero-order valence-corrected chi connectivity index (χ0v) is 14.7. The highest BCUT2D eigenvalue weighted by molar-refractivity contribution is 5.81. The quantitative estimate of drug-likeness (QED) is 0.143. The van der Waals surface area contributed by atoms with Crippen LogP contribution in [0.25, 0.3) is 0 Å². The lowest BCUT2D eigenvalue weighted by Crippen LogP contribution is -2.01. The van der Waals surface area contributed by atoms with Crippen LogP contribution >= 0.6 is 0 Å². The predicted molar refractivity (Wildman–Crippen MR) is 96.0 cm³/mol. The summed E-state index contributed by atoms with van der Waals surface area (Å²) in [4.78, 5) is 10.8. The summed E-state index contributed by atoms with van der Waals surface area (Å²) < 4.78 is 4.92. The predicted octanol–water partition coefficient (Wildman–Crippen LogP) is 6.36. The summed E-state index contributed by atoms with van der Waals surface area (Å²) in [5, 5.41) is 0. The van der Waals surface area contributed by atoms with Gasteiger partial charge in [0.1, 0.15) is 0 Å². The molecule has 0 aromatic rings. The van der Waals surface area contributed by atoms with Crippen LogP contribution in [0.5, 0.6) is 0 Å². The van der Waals surface area contributed by atoms with E-state index in [0.717, 1.165) is 19.3 Å². The maximum Gasteiger partial charge on any atom is 0.330 e. The lowest BCUT2D eigenvalue weighted by atomic mass is 10.1. The number of carbonyl (C=O) groups excluding carboxylic acids is 1. The molecule has 0 saturated heterocycles. The molecule has 0 heterocycles. The van der Waals surface area contributed by atoms with Crippen molar-refractivity contribution >= 4 is 5.97 Å². The van der Waals surface area contributed by atoms with Crippen LogP contribution in [0.3, 0.4) is 0 Å². The van der Waals surface area contributed by atoms with Crippen LogP contribution in [0, 0.1) is 0 Å². The largest absolute Gasteiger partial charge is 0.463 e. The molecule has 0 fully saturated rings. The normalized spacial score (nSPS) is 11.0. The summed E-state index contributed by atoms with van der Waals surface area (Å²) in [7, 11) is 0. The third kappa shape index (κ3) is 17.0. The second kappa shape index (κ2) is 18.0. The number of carbonyl (C=O) groups is 1. The van der Waals surface area contributed by atoms with Gasteiger partial charge in [-0.05, 0) is 32.1 Å². The summed E-state index contributed by atoms with van der Waals surface area (Å²) in [6, 6.07) is 0.